The van der Waals surface area contributed by atoms with Crippen LogP contribution in [0.4, 0.5) is 0 Å². The third kappa shape index (κ3) is 8.97. The van der Waals surface area contributed by atoms with Gasteiger partial charge in [0.25, 0.3) is 0 Å². The molecule has 0 fully saturated rings. The van der Waals surface area contributed by atoms with Crippen molar-refractivity contribution in [2.24, 2.45) is 0 Å². The van der Waals surface area contributed by atoms with Gasteiger partial charge in [0.15, 0.2) is 0 Å². The van der Waals surface area contributed by atoms with Crippen molar-refractivity contribution >= 4 is 5.91 Å². The zero-order valence-corrected chi connectivity index (χ0v) is 13.2. The molecule has 19 heavy (non-hydrogen) atoms. The fourth-order valence-electron chi connectivity index (χ4n) is 1.74. The van der Waals surface area contributed by atoms with E-state index < -0.39 is 0 Å². The Labute approximate surface area is 118 Å². The molecule has 0 aliphatic carbocycles. The van der Waals surface area contributed by atoms with Crippen molar-refractivity contribution in [3.63, 3.8) is 0 Å². The van der Waals surface area contributed by atoms with Crippen molar-refractivity contribution in [2.45, 2.75) is 45.7 Å². The SMILES string of the molecule is CCC(CC)NC(=O)C(C)NCCN(C)CCOC. The molecule has 114 valence electrons. The third-order valence-corrected chi connectivity index (χ3v) is 3.35. The molecule has 0 aliphatic rings. The number of ether oxygens (including phenoxy) is 1. The molecule has 1 unspecified atom stereocenters. The third-order valence-electron chi connectivity index (χ3n) is 3.35. The quantitative estimate of drug-likeness (QED) is 0.586. The van der Waals surface area contributed by atoms with Crippen LogP contribution in [0.25, 0.3) is 0 Å². The van der Waals surface area contributed by atoms with E-state index in [-0.39, 0.29) is 11.9 Å². The highest BCUT2D eigenvalue weighted by atomic mass is 16.5. The average Bonchev–Trinajstić information content (AvgIpc) is 2.41. The standard InChI is InChI=1S/C14H31N3O2/c1-6-13(7-2)16-14(18)12(3)15-8-9-17(4)10-11-19-5/h12-13,15H,6-11H2,1-5H3,(H,16,18). The first kappa shape index (κ1) is 18.4. The maximum Gasteiger partial charge on any atom is 0.237 e. The van der Waals surface area contributed by atoms with Crippen LogP contribution in [0.15, 0.2) is 0 Å². The highest BCUT2D eigenvalue weighted by Gasteiger charge is 2.14. The summed E-state index contributed by atoms with van der Waals surface area (Å²) in [6, 6.07) is 0.151. The van der Waals surface area contributed by atoms with Crippen LogP contribution in [0.5, 0.6) is 0 Å². The maximum atomic E-state index is 11.9. The largest absolute Gasteiger partial charge is 0.383 e. The van der Waals surface area contributed by atoms with E-state index in [0.717, 1.165) is 39.1 Å². The number of methoxy groups -OCH3 is 1. The summed E-state index contributed by atoms with van der Waals surface area (Å²) in [6.45, 7) is 9.46. The molecule has 0 saturated carbocycles. The molecule has 2 N–H and O–H groups in total. The van der Waals surface area contributed by atoms with Crippen LogP contribution in [0.2, 0.25) is 0 Å². The Morgan fingerprint density at radius 2 is 1.89 bits per heavy atom. The monoisotopic (exact) mass is 273 g/mol. The second-order valence-corrected chi connectivity index (χ2v) is 4.99. The summed E-state index contributed by atoms with van der Waals surface area (Å²) in [5.41, 5.74) is 0. The lowest BCUT2D eigenvalue weighted by molar-refractivity contribution is -0.123. The molecule has 0 aromatic carbocycles. The number of likely N-dealkylation sites (N-methyl/N-ethyl adjacent to an activating group) is 1. The fourth-order valence-corrected chi connectivity index (χ4v) is 1.74. The van der Waals surface area contributed by atoms with Gasteiger partial charge in [-0.1, -0.05) is 13.8 Å². The summed E-state index contributed by atoms with van der Waals surface area (Å²) >= 11 is 0. The van der Waals surface area contributed by atoms with E-state index in [9.17, 15) is 4.79 Å². The summed E-state index contributed by atoms with van der Waals surface area (Å²) in [7, 11) is 3.76. The number of nitrogens with one attached hydrogen (secondary N) is 2. The smallest absolute Gasteiger partial charge is 0.237 e. The Bertz CT molecular complexity index is 233. The van der Waals surface area contributed by atoms with Gasteiger partial charge in [-0.15, -0.1) is 0 Å². The Hall–Kier alpha value is -0.650. The fraction of sp³-hybridized carbons (Fsp3) is 0.929. The van der Waals surface area contributed by atoms with Crippen molar-refractivity contribution in [2.75, 3.05) is 40.4 Å². The molecular formula is C14H31N3O2. The molecule has 0 heterocycles. The van der Waals surface area contributed by atoms with Crippen molar-refractivity contribution in [1.82, 2.24) is 15.5 Å². The molecule has 0 radical (unpaired) electrons. The summed E-state index contributed by atoms with van der Waals surface area (Å²) < 4.78 is 5.02. The summed E-state index contributed by atoms with van der Waals surface area (Å²) in [5, 5.41) is 6.30. The second-order valence-electron chi connectivity index (χ2n) is 4.99. The molecule has 0 rings (SSSR count). The van der Waals surface area contributed by atoms with E-state index in [4.69, 9.17) is 4.74 Å². The van der Waals surface area contributed by atoms with Gasteiger partial charge in [-0.05, 0) is 26.8 Å². The van der Waals surface area contributed by atoms with Crippen molar-refractivity contribution in [1.29, 1.82) is 0 Å². The van der Waals surface area contributed by atoms with E-state index >= 15 is 0 Å². The van der Waals surface area contributed by atoms with Crippen LogP contribution >= 0.6 is 0 Å². The summed E-state index contributed by atoms with van der Waals surface area (Å²) in [6.07, 6.45) is 1.96. The van der Waals surface area contributed by atoms with Crippen molar-refractivity contribution < 1.29 is 9.53 Å². The molecule has 1 amide bonds. The molecule has 5 nitrogen and oxygen atoms in total. The maximum absolute atomic E-state index is 11.9. The van der Waals surface area contributed by atoms with Gasteiger partial charge in [0.2, 0.25) is 5.91 Å². The zero-order chi connectivity index (χ0) is 14.7. The first-order valence-corrected chi connectivity index (χ1v) is 7.26. The number of hydrogen-bond acceptors (Lipinski definition) is 4. The van der Waals surface area contributed by atoms with Gasteiger partial charge in [-0.3, -0.25) is 4.79 Å². The van der Waals surface area contributed by atoms with Crippen LogP contribution < -0.4 is 10.6 Å². The predicted molar refractivity (Wildman–Crippen MR) is 79.4 cm³/mol. The van der Waals surface area contributed by atoms with E-state index in [2.05, 4.69) is 36.4 Å². The number of carbonyl (C=O) groups is 1. The number of nitrogens with zero attached hydrogens (tertiary/aromatic N) is 1. The Kier molecular flexibility index (Phi) is 10.8. The minimum Gasteiger partial charge on any atom is -0.383 e. The highest BCUT2D eigenvalue weighted by Crippen LogP contribution is 1.96. The van der Waals surface area contributed by atoms with Gasteiger partial charge in [0.05, 0.1) is 12.6 Å². The Balaban J connectivity index is 3.78. The predicted octanol–water partition coefficient (Wildman–Crippen LogP) is 0.848. The van der Waals surface area contributed by atoms with Crippen LogP contribution in [-0.2, 0) is 9.53 Å². The minimum absolute atomic E-state index is 0.0910. The topological polar surface area (TPSA) is 53.6 Å². The van der Waals surface area contributed by atoms with Crippen molar-refractivity contribution in [3.8, 4) is 0 Å². The van der Waals surface area contributed by atoms with Crippen LogP contribution in [0.1, 0.15) is 33.6 Å². The normalized spacial score (nSPS) is 13.0. The Morgan fingerprint density at radius 3 is 2.42 bits per heavy atom. The van der Waals surface area contributed by atoms with Gasteiger partial charge in [0, 0.05) is 32.8 Å². The molecule has 0 saturated heterocycles. The highest BCUT2D eigenvalue weighted by molar-refractivity contribution is 5.81. The number of carbonyl (C=O) groups excluding carboxylic acids is 1. The van der Waals surface area contributed by atoms with E-state index in [1.807, 2.05) is 6.92 Å². The van der Waals surface area contributed by atoms with Gasteiger partial charge >= 0.3 is 0 Å². The Morgan fingerprint density at radius 1 is 1.26 bits per heavy atom. The first-order chi connectivity index (χ1) is 9.04. The molecule has 0 aliphatic heterocycles. The van der Waals surface area contributed by atoms with E-state index in [1.165, 1.54) is 0 Å². The summed E-state index contributed by atoms with van der Waals surface area (Å²) in [5.74, 6) is 0.0910. The van der Waals surface area contributed by atoms with E-state index in [1.54, 1.807) is 7.11 Å². The average molecular weight is 273 g/mol. The van der Waals surface area contributed by atoms with E-state index in [0.29, 0.717) is 6.04 Å². The molecule has 0 spiro atoms. The van der Waals surface area contributed by atoms with Gasteiger partial charge < -0.3 is 20.3 Å². The van der Waals surface area contributed by atoms with Gasteiger partial charge in [0.1, 0.15) is 0 Å². The van der Waals surface area contributed by atoms with Crippen LogP contribution in [-0.4, -0.2) is 63.3 Å². The molecule has 0 aromatic heterocycles. The minimum atomic E-state index is -0.142. The second kappa shape index (κ2) is 11.2. The van der Waals surface area contributed by atoms with Gasteiger partial charge in [-0.2, -0.15) is 0 Å². The molecule has 0 bridgehead atoms. The lowest BCUT2D eigenvalue weighted by Crippen LogP contribution is -2.47. The number of hydrogen-bond donors (Lipinski definition) is 2. The number of amides is 1. The first-order valence-electron chi connectivity index (χ1n) is 7.26. The van der Waals surface area contributed by atoms with Crippen molar-refractivity contribution in [3.05, 3.63) is 0 Å². The number of rotatable bonds is 11. The molecule has 1 atom stereocenters. The lowest BCUT2D eigenvalue weighted by Gasteiger charge is -2.21. The van der Waals surface area contributed by atoms with Gasteiger partial charge in [-0.25, -0.2) is 0 Å². The molecular weight excluding hydrogens is 242 g/mol. The molecule has 5 heteroatoms. The summed E-state index contributed by atoms with van der Waals surface area (Å²) in [4.78, 5) is 14.1. The van der Waals surface area contributed by atoms with Crippen LogP contribution in [0.3, 0.4) is 0 Å². The lowest BCUT2D eigenvalue weighted by atomic mass is 10.1. The molecule has 0 aromatic rings. The van der Waals surface area contributed by atoms with Crippen LogP contribution in [0, 0.1) is 0 Å². The zero-order valence-electron chi connectivity index (χ0n) is 13.2.